The van der Waals surface area contributed by atoms with Crippen molar-refractivity contribution in [3.05, 3.63) is 29.3 Å². The van der Waals surface area contributed by atoms with E-state index in [0.29, 0.717) is 13.1 Å². The van der Waals surface area contributed by atoms with Gasteiger partial charge in [0.2, 0.25) is 0 Å². The molecule has 0 aliphatic rings. The summed E-state index contributed by atoms with van der Waals surface area (Å²) in [6.07, 6.45) is 1.76. The number of anilines is 1. The van der Waals surface area contributed by atoms with Gasteiger partial charge in [0, 0.05) is 13.1 Å². The number of rotatable bonds is 5. The average molecular weight is 290 g/mol. The summed E-state index contributed by atoms with van der Waals surface area (Å²) < 4.78 is 0. The summed E-state index contributed by atoms with van der Waals surface area (Å²) in [6.45, 7) is 9.32. The van der Waals surface area contributed by atoms with Gasteiger partial charge in [-0.25, -0.2) is 4.79 Å². The van der Waals surface area contributed by atoms with Crippen LogP contribution in [0, 0.1) is 13.8 Å². The number of aliphatic imine (C=N–C) groups is 1. The van der Waals surface area contributed by atoms with E-state index in [1.54, 1.807) is 4.90 Å². The Kier molecular flexibility index (Phi) is 6.72. The number of hydrogen-bond acceptors (Lipinski definition) is 2. The maximum atomic E-state index is 12.5. The molecule has 0 aromatic heterocycles. The maximum Gasteiger partial charge on any atom is 0.328 e. The van der Waals surface area contributed by atoms with Crippen LogP contribution in [0.2, 0.25) is 0 Å². The number of para-hydroxylation sites is 1. The van der Waals surface area contributed by atoms with Gasteiger partial charge in [0.05, 0.1) is 5.69 Å². The van der Waals surface area contributed by atoms with Crippen molar-refractivity contribution in [2.75, 3.05) is 18.0 Å². The highest BCUT2D eigenvalue weighted by Crippen LogP contribution is 2.24. The molecule has 0 bridgehead atoms. The van der Waals surface area contributed by atoms with Crippen molar-refractivity contribution < 1.29 is 4.79 Å². The van der Waals surface area contributed by atoms with Crippen molar-refractivity contribution in [3.63, 3.8) is 0 Å². The minimum atomic E-state index is -0.230. The molecule has 116 valence electrons. The first-order chi connectivity index (χ1) is 10.0. The highest BCUT2D eigenvalue weighted by molar-refractivity contribution is 6.03. The summed E-state index contributed by atoms with van der Waals surface area (Å²) in [4.78, 5) is 18.3. The Balaban J connectivity index is 2.99. The minimum absolute atomic E-state index is 0.175. The van der Waals surface area contributed by atoms with Crippen molar-refractivity contribution in [2.45, 2.75) is 40.5 Å². The second-order valence-electron chi connectivity index (χ2n) is 5.09. The second-order valence-corrected chi connectivity index (χ2v) is 5.09. The van der Waals surface area contributed by atoms with Crippen LogP contribution in [0.1, 0.15) is 37.8 Å². The quantitative estimate of drug-likeness (QED) is 0.646. The molecule has 0 heterocycles. The summed E-state index contributed by atoms with van der Waals surface area (Å²) in [5, 5.41) is 2.67. The molecule has 0 saturated carbocycles. The molecule has 5 heteroatoms. The summed E-state index contributed by atoms with van der Waals surface area (Å²) in [6, 6.07) is 5.78. The molecule has 0 saturated heterocycles. The van der Waals surface area contributed by atoms with Gasteiger partial charge in [0.25, 0.3) is 0 Å². The molecule has 0 radical (unpaired) electrons. The van der Waals surface area contributed by atoms with Gasteiger partial charge < -0.3 is 5.73 Å². The van der Waals surface area contributed by atoms with Crippen LogP contribution in [0.25, 0.3) is 0 Å². The maximum absolute atomic E-state index is 12.5. The van der Waals surface area contributed by atoms with E-state index in [-0.39, 0.29) is 12.0 Å². The fourth-order valence-electron chi connectivity index (χ4n) is 2.22. The van der Waals surface area contributed by atoms with E-state index in [0.717, 1.165) is 29.7 Å². The number of benzene rings is 1. The molecule has 0 unspecified atom stereocenters. The first-order valence-electron chi connectivity index (χ1n) is 7.45. The topological polar surface area (TPSA) is 70.7 Å². The molecule has 0 atom stereocenters. The highest BCUT2D eigenvalue weighted by atomic mass is 16.2. The molecule has 1 aromatic carbocycles. The predicted octanol–water partition coefficient (Wildman–Crippen LogP) is 2.95. The first kappa shape index (κ1) is 17.0. The van der Waals surface area contributed by atoms with Gasteiger partial charge in [-0.05, 0) is 37.8 Å². The lowest BCUT2D eigenvalue weighted by Crippen LogP contribution is -2.47. The fraction of sp³-hybridized carbons (Fsp3) is 0.500. The highest BCUT2D eigenvalue weighted by Gasteiger charge is 2.19. The van der Waals surface area contributed by atoms with E-state index in [2.05, 4.69) is 10.3 Å². The Labute approximate surface area is 127 Å². The monoisotopic (exact) mass is 290 g/mol. The van der Waals surface area contributed by atoms with Gasteiger partial charge in [-0.3, -0.25) is 15.2 Å². The van der Waals surface area contributed by atoms with Gasteiger partial charge in [-0.2, -0.15) is 0 Å². The normalized spacial score (nSPS) is 11.3. The molecule has 0 fully saturated rings. The second kappa shape index (κ2) is 8.29. The molecule has 21 heavy (non-hydrogen) atoms. The van der Waals surface area contributed by atoms with Crippen LogP contribution in [0.5, 0.6) is 0 Å². The van der Waals surface area contributed by atoms with E-state index >= 15 is 0 Å². The van der Waals surface area contributed by atoms with Crippen molar-refractivity contribution in [1.29, 1.82) is 0 Å². The third-order valence-electron chi connectivity index (χ3n) is 3.14. The van der Waals surface area contributed by atoms with Crippen LogP contribution in [-0.4, -0.2) is 25.1 Å². The predicted molar refractivity (Wildman–Crippen MR) is 88.9 cm³/mol. The van der Waals surface area contributed by atoms with Gasteiger partial charge >= 0.3 is 6.03 Å². The van der Waals surface area contributed by atoms with E-state index in [1.807, 2.05) is 45.9 Å². The Morgan fingerprint density at radius 2 is 1.86 bits per heavy atom. The third-order valence-corrected chi connectivity index (χ3v) is 3.14. The van der Waals surface area contributed by atoms with Gasteiger partial charge in [-0.1, -0.05) is 32.0 Å². The smallest absolute Gasteiger partial charge is 0.328 e. The SMILES string of the molecule is CCCN=C(N)NC(=O)N(CCC)c1c(C)cccc1C. The summed E-state index contributed by atoms with van der Waals surface area (Å²) >= 11 is 0. The molecular weight excluding hydrogens is 264 g/mol. The van der Waals surface area contributed by atoms with Crippen LogP contribution < -0.4 is 16.0 Å². The number of guanidine groups is 1. The number of carbonyl (C=O) groups excluding carboxylic acids is 1. The fourth-order valence-corrected chi connectivity index (χ4v) is 2.22. The Hall–Kier alpha value is -2.04. The molecule has 5 nitrogen and oxygen atoms in total. The number of hydrogen-bond donors (Lipinski definition) is 2. The minimum Gasteiger partial charge on any atom is -0.370 e. The van der Waals surface area contributed by atoms with Crippen LogP contribution >= 0.6 is 0 Å². The third kappa shape index (κ3) is 4.77. The zero-order valence-corrected chi connectivity index (χ0v) is 13.4. The van der Waals surface area contributed by atoms with Crippen LogP contribution in [0.4, 0.5) is 10.5 Å². The standard InChI is InChI=1S/C16H26N4O/c1-5-10-18-15(17)19-16(21)20(11-6-2)14-12(3)8-7-9-13(14)4/h7-9H,5-6,10-11H2,1-4H3,(H3,17,18,19,21). The summed E-state index contributed by atoms with van der Waals surface area (Å²) in [7, 11) is 0. The number of amides is 2. The molecule has 3 N–H and O–H groups in total. The Morgan fingerprint density at radius 1 is 1.24 bits per heavy atom. The molecule has 2 amide bonds. The average Bonchev–Trinajstić information content (AvgIpc) is 2.43. The zero-order valence-electron chi connectivity index (χ0n) is 13.4. The molecule has 0 aliphatic heterocycles. The molecule has 1 aromatic rings. The first-order valence-corrected chi connectivity index (χ1v) is 7.45. The van der Waals surface area contributed by atoms with Gasteiger partial charge in [-0.15, -0.1) is 0 Å². The lowest BCUT2D eigenvalue weighted by Gasteiger charge is -2.26. The number of urea groups is 1. The van der Waals surface area contributed by atoms with E-state index in [4.69, 9.17) is 5.73 Å². The van der Waals surface area contributed by atoms with E-state index < -0.39 is 0 Å². The molecule has 1 rings (SSSR count). The van der Waals surface area contributed by atoms with Crippen LogP contribution in [0.3, 0.4) is 0 Å². The zero-order chi connectivity index (χ0) is 15.8. The summed E-state index contributed by atoms with van der Waals surface area (Å²) in [5.74, 6) is 0.175. The number of nitrogens with one attached hydrogen (secondary N) is 1. The Morgan fingerprint density at radius 3 is 2.38 bits per heavy atom. The van der Waals surface area contributed by atoms with Crippen molar-refractivity contribution >= 4 is 17.7 Å². The molecule has 0 aliphatic carbocycles. The number of nitrogens with two attached hydrogens (primary N) is 1. The van der Waals surface area contributed by atoms with Crippen molar-refractivity contribution in [1.82, 2.24) is 5.32 Å². The van der Waals surface area contributed by atoms with Gasteiger partial charge in [0.15, 0.2) is 5.96 Å². The largest absolute Gasteiger partial charge is 0.370 e. The van der Waals surface area contributed by atoms with E-state index in [9.17, 15) is 4.79 Å². The van der Waals surface area contributed by atoms with Crippen molar-refractivity contribution in [2.24, 2.45) is 10.7 Å². The van der Waals surface area contributed by atoms with Crippen LogP contribution in [0.15, 0.2) is 23.2 Å². The van der Waals surface area contributed by atoms with E-state index in [1.165, 1.54) is 0 Å². The lowest BCUT2D eigenvalue weighted by molar-refractivity contribution is 0.250. The number of nitrogens with zero attached hydrogens (tertiary/aromatic N) is 2. The molecule has 0 spiro atoms. The lowest BCUT2D eigenvalue weighted by atomic mass is 10.1. The van der Waals surface area contributed by atoms with Gasteiger partial charge in [0.1, 0.15) is 0 Å². The van der Waals surface area contributed by atoms with Crippen molar-refractivity contribution in [3.8, 4) is 0 Å². The Bertz CT molecular complexity index is 491. The number of carbonyl (C=O) groups is 1. The molecular formula is C16H26N4O. The van der Waals surface area contributed by atoms with Crippen LogP contribution in [-0.2, 0) is 0 Å². The summed E-state index contributed by atoms with van der Waals surface area (Å²) in [5.41, 5.74) is 8.83. The number of aryl methyl sites for hydroxylation is 2.